The highest BCUT2D eigenvalue weighted by Crippen LogP contribution is 2.19. The molecule has 1 aliphatic heterocycles. The molecule has 1 saturated heterocycles. The summed E-state index contributed by atoms with van der Waals surface area (Å²) in [7, 11) is 1.53. The Morgan fingerprint density at radius 2 is 2.37 bits per heavy atom. The molecule has 2 N–H and O–H groups in total. The van der Waals surface area contributed by atoms with Crippen molar-refractivity contribution in [2.24, 2.45) is 0 Å². The number of aliphatic hydroxyl groups excluding tert-OH is 1. The molecular formula is C14H21FN2O2. The van der Waals surface area contributed by atoms with Gasteiger partial charge in [-0.15, -0.1) is 0 Å². The van der Waals surface area contributed by atoms with Gasteiger partial charge in [0.1, 0.15) is 11.6 Å². The minimum atomic E-state index is -0.236. The van der Waals surface area contributed by atoms with Crippen LogP contribution in [0.15, 0.2) is 18.2 Å². The van der Waals surface area contributed by atoms with E-state index in [9.17, 15) is 4.39 Å². The quantitative estimate of drug-likeness (QED) is 0.836. The molecule has 4 nitrogen and oxygen atoms in total. The number of nitrogens with zero attached hydrogens (tertiary/aromatic N) is 1. The zero-order valence-electron chi connectivity index (χ0n) is 11.2. The Hall–Kier alpha value is -1.17. The Bertz CT molecular complexity index is 412. The molecule has 0 amide bonds. The van der Waals surface area contributed by atoms with Crippen molar-refractivity contribution in [3.05, 3.63) is 29.6 Å². The number of benzene rings is 1. The summed E-state index contributed by atoms with van der Waals surface area (Å²) in [5.74, 6) is 0.300. The number of methoxy groups -OCH3 is 1. The molecule has 0 saturated carbocycles. The first kappa shape index (κ1) is 14.2. The molecule has 1 aliphatic rings. The zero-order valence-corrected chi connectivity index (χ0v) is 11.2. The molecule has 19 heavy (non-hydrogen) atoms. The Morgan fingerprint density at radius 1 is 1.53 bits per heavy atom. The summed E-state index contributed by atoms with van der Waals surface area (Å²) in [5.41, 5.74) is 0.672. The number of hydrogen-bond donors (Lipinski definition) is 2. The normalized spacial score (nSPS) is 20.5. The third-order valence-electron chi connectivity index (χ3n) is 3.57. The van der Waals surface area contributed by atoms with Gasteiger partial charge in [-0.05, 0) is 12.5 Å². The van der Waals surface area contributed by atoms with Crippen molar-refractivity contribution < 1.29 is 14.2 Å². The van der Waals surface area contributed by atoms with E-state index < -0.39 is 0 Å². The summed E-state index contributed by atoms with van der Waals surface area (Å²) in [6.07, 6.45) is 0.713. The fourth-order valence-corrected chi connectivity index (χ4v) is 2.45. The van der Waals surface area contributed by atoms with Crippen LogP contribution in [-0.2, 0) is 6.54 Å². The van der Waals surface area contributed by atoms with Crippen LogP contribution < -0.4 is 10.1 Å². The molecule has 5 heteroatoms. The van der Waals surface area contributed by atoms with E-state index in [1.165, 1.54) is 13.2 Å². The van der Waals surface area contributed by atoms with Gasteiger partial charge in [0.15, 0.2) is 0 Å². The first-order chi connectivity index (χ1) is 9.24. The van der Waals surface area contributed by atoms with E-state index in [-0.39, 0.29) is 18.5 Å². The van der Waals surface area contributed by atoms with E-state index in [1.807, 2.05) is 0 Å². The fourth-order valence-electron chi connectivity index (χ4n) is 2.45. The Morgan fingerprint density at radius 3 is 3.05 bits per heavy atom. The molecule has 0 aliphatic carbocycles. The Kier molecular flexibility index (Phi) is 5.13. The third-order valence-corrected chi connectivity index (χ3v) is 3.57. The van der Waals surface area contributed by atoms with E-state index in [0.29, 0.717) is 24.3 Å². The van der Waals surface area contributed by atoms with Crippen LogP contribution in [0.1, 0.15) is 12.0 Å². The van der Waals surface area contributed by atoms with Gasteiger partial charge in [0.25, 0.3) is 0 Å². The second-order valence-corrected chi connectivity index (χ2v) is 4.80. The number of piperazine rings is 1. The van der Waals surface area contributed by atoms with Crippen LogP contribution >= 0.6 is 0 Å². The largest absolute Gasteiger partial charge is 0.497 e. The van der Waals surface area contributed by atoms with Crippen molar-refractivity contribution >= 4 is 0 Å². The maximum Gasteiger partial charge on any atom is 0.131 e. The lowest BCUT2D eigenvalue weighted by Crippen LogP contribution is -2.51. The van der Waals surface area contributed by atoms with Crippen LogP contribution in [0.5, 0.6) is 5.75 Å². The standard InChI is InChI=1S/C14H21FN2O2/c1-19-13-3-2-11(14(15)8-13)10-17-6-5-16-9-12(17)4-7-18/h2-3,8,12,16,18H,4-7,9-10H2,1H3. The first-order valence-electron chi connectivity index (χ1n) is 6.62. The molecule has 0 bridgehead atoms. The summed E-state index contributed by atoms with van der Waals surface area (Å²) in [5, 5.41) is 12.4. The molecule has 0 radical (unpaired) electrons. The molecular weight excluding hydrogens is 247 g/mol. The number of hydrogen-bond acceptors (Lipinski definition) is 4. The van der Waals surface area contributed by atoms with Crippen molar-refractivity contribution in [2.75, 3.05) is 33.4 Å². The predicted molar refractivity (Wildman–Crippen MR) is 71.7 cm³/mol. The van der Waals surface area contributed by atoms with Gasteiger partial charge >= 0.3 is 0 Å². The van der Waals surface area contributed by atoms with Crippen LogP contribution in [0.3, 0.4) is 0 Å². The van der Waals surface area contributed by atoms with Gasteiger partial charge in [0, 0.05) is 50.5 Å². The highest BCUT2D eigenvalue weighted by atomic mass is 19.1. The average molecular weight is 268 g/mol. The fraction of sp³-hybridized carbons (Fsp3) is 0.571. The highest BCUT2D eigenvalue weighted by molar-refractivity contribution is 5.28. The van der Waals surface area contributed by atoms with Crippen molar-refractivity contribution in [2.45, 2.75) is 19.0 Å². The maximum atomic E-state index is 13.9. The van der Waals surface area contributed by atoms with Crippen LogP contribution in [-0.4, -0.2) is 49.4 Å². The van der Waals surface area contributed by atoms with Crippen LogP contribution in [0, 0.1) is 5.82 Å². The van der Waals surface area contributed by atoms with Crippen LogP contribution in [0.2, 0.25) is 0 Å². The van der Waals surface area contributed by atoms with Crippen molar-refractivity contribution in [3.63, 3.8) is 0 Å². The molecule has 1 unspecified atom stereocenters. The number of rotatable bonds is 5. The van der Waals surface area contributed by atoms with E-state index >= 15 is 0 Å². The molecule has 1 fully saturated rings. The van der Waals surface area contributed by atoms with E-state index in [0.717, 1.165) is 19.6 Å². The van der Waals surface area contributed by atoms with Gasteiger partial charge in [-0.3, -0.25) is 4.90 Å². The Labute approximate surface area is 113 Å². The summed E-state index contributed by atoms with van der Waals surface area (Å²) in [6.45, 7) is 3.35. The van der Waals surface area contributed by atoms with Gasteiger partial charge < -0.3 is 15.2 Å². The lowest BCUT2D eigenvalue weighted by Gasteiger charge is -2.36. The molecule has 1 aromatic rings. The van der Waals surface area contributed by atoms with E-state index in [2.05, 4.69) is 10.2 Å². The van der Waals surface area contributed by atoms with Gasteiger partial charge in [-0.2, -0.15) is 0 Å². The SMILES string of the molecule is COc1ccc(CN2CCNCC2CCO)c(F)c1. The van der Waals surface area contributed by atoms with Crippen LogP contribution in [0.25, 0.3) is 0 Å². The molecule has 0 spiro atoms. The summed E-state index contributed by atoms with van der Waals surface area (Å²) >= 11 is 0. The molecule has 1 atom stereocenters. The minimum Gasteiger partial charge on any atom is -0.497 e. The van der Waals surface area contributed by atoms with E-state index in [1.54, 1.807) is 12.1 Å². The zero-order chi connectivity index (χ0) is 13.7. The van der Waals surface area contributed by atoms with Crippen LogP contribution in [0.4, 0.5) is 4.39 Å². The van der Waals surface area contributed by atoms with Gasteiger partial charge in [0.2, 0.25) is 0 Å². The van der Waals surface area contributed by atoms with Crippen molar-refractivity contribution in [3.8, 4) is 5.75 Å². The first-order valence-corrected chi connectivity index (χ1v) is 6.62. The molecule has 1 aromatic carbocycles. The minimum absolute atomic E-state index is 0.161. The smallest absolute Gasteiger partial charge is 0.131 e. The van der Waals surface area contributed by atoms with Crippen molar-refractivity contribution in [1.82, 2.24) is 10.2 Å². The summed E-state index contributed by atoms with van der Waals surface area (Å²) < 4.78 is 18.9. The number of halogens is 1. The van der Waals surface area contributed by atoms with Gasteiger partial charge in [-0.1, -0.05) is 6.07 Å². The molecule has 0 aromatic heterocycles. The average Bonchev–Trinajstić information content (AvgIpc) is 2.43. The monoisotopic (exact) mass is 268 g/mol. The van der Waals surface area contributed by atoms with E-state index in [4.69, 9.17) is 9.84 Å². The maximum absolute atomic E-state index is 13.9. The third kappa shape index (κ3) is 3.65. The predicted octanol–water partition coefficient (Wildman–Crippen LogP) is 0.990. The summed E-state index contributed by atoms with van der Waals surface area (Å²) in [6, 6.07) is 5.23. The second-order valence-electron chi connectivity index (χ2n) is 4.80. The van der Waals surface area contributed by atoms with Crippen molar-refractivity contribution in [1.29, 1.82) is 0 Å². The lowest BCUT2D eigenvalue weighted by atomic mass is 10.1. The number of nitrogens with one attached hydrogen (secondary N) is 1. The van der Waals surface area contributed by atoms with Gasteiger partial charge in [0.05, 0.1) is 7.11 Å². The molecule has 106 valence electrons. The lowest BCUT2D eigenvalue weighted by molar-refractivity contribution is 0.122. The molecule has 2 rings (SSSR count). The number of ether oxygens (including phenoxy) is 1. The second kappa shape index (κ2) is 6.84. The molecule has 1 heterocycles. The topological polar surface area (TPSA) is 44.7 Å². The number of aliphatic hydroxyl groups is 1. The van der Waals surface area contributed by atoms with Gasteiger partial charge in [-0.25, -0.2) is 4.39 Å². The Balaban J connectivity index is 2.06. The highest BCUT2D eigenvalue weighted by Gasteiger charge is 2.22. The summed E-state index contributed by atoms with van der Waals surface area (Å²) in [4.78, 5) is 2.22.